The molecule has 1 aliphatic rings. The first kappa shape index (κ1) is 16.8. The third-order valence-electron chi connectivity index (χ3n) is 4.18. The molecule has 0 bridgehead atoms. The lowest BCUT2D eigenvalue weighted by Crippen LogP contribution is -2.60. The largest absolute Gasteiger partial charge is 0.444 e. The van der Waals surface area contributed by atoms with Crippen LogP contribution in [0.15, 0.2) is 24.3 Å². The van der Waals surface area contributed by atoms with Crippen LogP contribution < -0.4 is 5.32 Å². The van der Waals surface area contributed by atoms with E-state index in [9.17, 15) is 9.90 Å². The summed E-state index contributed by atoms with van der Waals surface area (Å²) in [4.78, 5) is 12.2. The summed E-state index contributed by atoms with van der Waals surface area (Å²) in [5.41, 5.74) is 1.12. The molecule has 22 heavy (non-hydrogen) atoms. The lowest BCUT2D eigenvalue weighted by Gasteiger charge is -2.54. The van der Waals surface area contributed by atoms with Crippen molar-refractivity contribution in [1.29, 1.82) is 0 Å². The fraction of sp³-hybridized carbons (Fsp3) is 0.611. The molecule has 0 spiro atoms. The van der Waals surface area contributed by atoms with Crippen LogP contribution in [0.4, 0.5) is 4.79 Å². The van der Waals surface area contributed by atoms with Crippen molar-refractivity contribution in [3.63, 3.8) is 0 Å². The van der Waals surface area contributed by atoms with Crippen LogP contribution in [-0.4, -0.2) is 23.4 Å². The molecule has 0 unspecified atom stereocenters. The Balaban J connectivity index is 2.21. The Morgan fingerprint density at radius 2 is 1.82 bits per heavy atom. The molecule has 0 atom stereocenters. The Morgan fingerprint density at radius 1 is 1.27 bits per heavy atom. The van der Waals surface area contributed by atoms with E-state index in [1.54, 1.807) is 0 Å². The number of nitrogens with one attached hydrogen (secondary N) is 1. The summed E-state index contributed by atoms with van der Waals surface area (Å²) in [6, 6.07) is 8.18. The van der Waals surface area contributed by atoms with Gasteiger partial charge in [-0.3, -0.25) is 0 Å². The zero-order valence-corrected chi connectivity index (χ0v) is 14.2. The highest BCUT2D eigenvalue weighted by Crippen LogP contribution is 2.53. The standard InChI is InChI=1S/C18H27NO3/c1-13-6-8-14(9-7-13)18(10-17(5,11-18)12-20)19-15(21)22-16(2,3)4/h6-9,20H,10-12H2,1-5H3,(H,19,21). The van der Waals surface area contributed by atoms with Crippen LogP contribution in [0.3, 0.4) is 0 Å². The van der Waals surface area contributed by atoms with E-state index < -0.39 is 17.2 Å². The number of carbonyl (C=O) groups is 1. The van der Waals surface area contributed by atoms with Gasteiger partial charge in [-0.05, 0) is 51.5 Å². The van der Waals surface area contributed by atoms with Crippen LogP contribution in [0.25, 0.3) is 0 Å². The molecule has 0 saturated heterocycles. The molecular formula is C18H27NO3. The minimum atomic E-state index is -0.525. The molecule has 1 aromatic rings. The third-order valence-corrected chi connectivity index (χ3v) is 4.18. The van der Waals surface area contributed by atoms with Gasteiger partial charge in [0.2, 0.25) is 0 Å². The quantitative estimate of drug-likeness (QED) is 0.898. The van der Waals surface area contributed by atoms with Gasteiger partial charge in [0.25, 0.3) is 0 Å². The highest BCUT2D eigenvalue weighted by molar-refractivity contribution is 5.69. The van der Waals surface area contributed by atoms with E-state index in [0.717, 1.165) is 5.56 Å². The van der Waals surface area contributed by atoms with Crippen molar-refractivity contribution in [3.05, 3.63) is 35.4 Å². The molecule has 2 rings (SSSR count). The second kappa shape index (κ2) is 5.58. The molecule has 4 nitrogen and oxygen atoms in total. The van der Waals surface area contributed by atoms with Gasteiger partial charge in [-0.2, -0.15) is 0 Å². The van der Waals surface area contributed by atoms with Gasteiger partial charge in [-0.25, -0.2) is 4.79 Å². The molecule has 4 heteroatoms. The number of aliphatic hydroxyl groups excluding tert-OH is 1. The van der Waals surface area contributed by atoms with Gasteiger partial charge in [-0.15, -0.1) is 0 Å². The second-order valence-corrected chi connectivity index (χ2v) is 7.90. The number of ether oxygens (including phenoxy) is 1. The molecule has 1 aromatic carbocycles. The number of rotatable bonds is 3. The lowest BCUT2D eigenvalue weighted by atomic mass is 9.56. The number of aryl methyl sites for hydroxylation is 1. The second-order valence-electron chi connectivity index (χ2n) is 7.90. The Bertz CT molecular complexity index is 536. The third kappa shape index (κ3) is 3.61. The van der Waals surface area contributed by atoms with Gasteiger partial charge in [0.1, 0.15) is 5.60 Å². The van der Waals surface area contributed by atoms with E-state index in [-0.39, 0.29) is 12.0 Å². The average molecular weight is 305 g/mol. The summed E-state index contributed by atoms with van der Waals surface area (Å²) in [6.45, 7) is 9.75. The number of alkyl carbamates (subject to hydrolysis) is 1. The van der Waals surface area contributed by atoms with Crippen LogP contribution in [0.2, 0.25) is 0 Å². The van der Waals surface area contributed by atoms with E-state index in [0.29, 0.717) is 12.8 Å². The minimum Gasteiger partial charge on any atom is -0.444 e. The smallest absolute Gasteiger partial charge is 0.408 e. The molecule has 1 aliphatic carbocycles. The molecule has 2 N–H and O–H groups in total. The molecule has 1 amide bonds. The molecule has 0 aliphatic heterocycles. The molecule has 1 saturated carbocycles. The summed E-state index contributed by atoms with van der Waals surface area (Å²) in [5.74, 6) is 0. The summed E-state index contributed by atoms with van der Waals surface area (Å²) in [5, 5.41) is 12.6. The van der Waals surface area contributed by atoms with E-state index in [1.165, 1.54) is 5.56 Å². The number of amides is 1. The maximum Gasteiger partial charge on any atom is 0.408 e. The Labute approximate surface area is 132 Å². The highest BCUT2D eigenvalue weighted by Gasteiger charge is 2.53. The molecule has 0 aromatic heterocycles. The monoisotopic (exact) mass is 305 g/mol. The number of hydrogen-bond acceptors (Lipinski definition) is 3. The number of benzene rings is 1. The van der Waals surface area contributed by atoms with Gasteiger partial charge in [0.15, 0.2) is 0 Å². The van der Waals surface area contributed by atoms with Crippen LogP contribution in [-0.2, 0) is 10.3 Å². The summed E-state index contributed by atoms with van der Waals surface area (Å²) in [7, 11) is 0. The van der Waals surface area contributed by atoms with Crippen LogP contribution in [0.5, 0.6) is 0 Å². The van der Waals surface area contributed by atoms with Crippen molar-refractivity contribution in [2.24, 2.45) is 5.41 Å². The zero-order chi connectivity index (χ0) is 16.6. The summed E-state index contributed by atoms with van der Waals surface area (Å²) >= 11 is 0. The predicted octanol–water partition coefficient (Wildman–Crippen LogP) is 3.51. The summed E-state index contributed by atoms with van der Waals surface area (Å²) < 4.78 is 5.40. The average Bonchev–Trinajstić information content (AvgIpc) is 2.34. The van der Waals surface area contributed by atoms with E-state index in [4.69, 9.17) is 4.74 Å². The van der Waals surface area contributed by atoms with Gasteiger partial charge >= 0.3 is 6.09 Å². The van der Waals surface area contributed by atoms with Crippen molar-refractivity contribution in [3.8, 4) is 0 Å². The predicted molar refractivity (Wildman–Crippen MR) is 86.7 cm³/mol. The van der Waals surface area contributed by atoms with Gasteiger partial charge in [0.05, 0.1) is 5.54 Å². The van der Waals surface area contributed by atoms with Crippen molar-refractivity contribution in [1.82, 2.24) is 5.32 Å². The highest BCUT2D eigenvalue weighted by atomic mass is 16.6. The Morgan fingerprint density at radius 3 is 2.27 bits per heavy atom. The van der Waals surface area contributed by atoms with E-state index in [1.807, 2.05) is 58.9 Å². The van der Waals surface area contributed by atoms with Crippen molar-refractivity contribution >= 4 is 6.09 Å². The topological polar surface area (TPSA) is 58.6 Å². The minimum absolute atomic E-state index is 0.122. The number of hydrogen-bond donors (Lipinski definition) is 2. The van der Waals surface area contributed by atoms with Crippen molar-refractivity contribution in [2.45, 2.75) is 58.6 Å². The lowest BCUT2D eigenvalue weighted by molar-refractivity contribution is -0.0374. The molecule has 0 radical (unpaired) electrons. The van der Waals surface area contributed by atoms with Crippen LogP contribution in [0, 0.1) is 12.3 Å². The molecular weight excluding hydrogens is 278 g/mol. The fourth-order valence-electron chi connectivity index (χ4n) is 3.25. The first-order valence-electron chi connectivity index (χ1n) is 7.77. The van der Waals surface area contributed by atoms with Crippen molar-refractivity contribution in [2.75, 3.05) is 6.61 Å². The van der Waals surface area contributed by atoms with Crippen molar-refractivity contribution < 1.29 is 14.6 Å². The SMILES string of the molecule is Cc1ccc(C2(NC(=O)OC(C)(C)C)CC(C)(CO)C2)cc1. The summed E-state index contributed by atoms with van der Waals surface area (Å²) in [6.07, 6.45) is 1.01. The maximum atomic E-state index is 12.2. The van der Waals surface area contributed by atoms with Crippen LogP contribution >= 0.6 is 0 Å². The number of carbonyl (C=O) groups excluding carboxylic acids is 1. The van der Waals surface area contributed by atoms with E-state index >= 15 is 0 Å². The normalized spacial score (nSPS) is 27.9. The van der Waals surface area contributed by atoms with Gasteiger partial charge < -0.3 is 15.2 Å². The molecule has 1 fully saturated rings. The number of aliphatic hydroxyl groups is 1. The van der Waals surface area contributed by atoms with E-state index in [2.05, 4.69) is 5.32 Å². The van der Waals surface area contributed by atoms with Crippen LogP contribution in [0.1, 0.15) is 51.7 Å². The first-order valence-corrected chi connectivity index (χ1v) is 7.77. The Hall–Kier alpha value is -1.55. The zero-order valence-electron chi connectivity index (χ0n) is 14.2. The first-order chi connectivity index (χ1) is 10.1. The van der Waals surface area contributed by atoms with Gasteiger partial charge in [0, 0.05) is 6.61 Å². The fourth-order valence-corrected chi connectivity index (χ4v) is 3.25. The Kier molecular flexibility index (Phi) is 4.26. The maximum absolute atomic E-state index is 12.2. The van der Waals surface area contributed by atoms with Gasteiger partial charge in [-0.1, -0.05) is 36.8 Å². The molecule has 0 heterocycles. The molecule has 122 valence electrons.